The first-order valence-corrected chi connectivity index (χ1v) is 12.3. The van der Waals surface area contributed by atoms with E-state index < -0.39 is 0 Å². The minimum atomic E-state index is -0.0165. The van der Waals surface area contributed by atoms with Gasteiger partial charge >= 0.3 is 0 Å². The van der Waals surface area contributed by atoms with Crippen LogP contribution in [-0.4, -0.2) is 38.2 Å². The average molecular weight is 493 g/mol. The van der Waals surface area contributed by atoms with Gasteiger partial charge in [-0.1, -0.05) is 53.5 Å². The van der Waals surface area contributed by atoms with E-state index in [2.05, 4.69) is 24.3 Å². The van der Waals surface area contributed by atoms with Crippen LogP contribution < -0.4 is 0 Å². The summed E-state index contributed by atoms with van der Waals surface area (Å²) < 4.78 is 3.67. The van der Waals surface area contributed by atoms with Crippen molar-refractivity contribution in [2.45, 2.75) is 19.3 Å². The van der Waals surface area contributed by atoms with Crippen LogP contribution in [0.3, 0.4) is 0 Å². The van der Waals surface area contributed by atoms with Crippen LogP contribution in [-0.2, 0) is 13.5 Å². The number of aryl methyl sites for hydroxylation is 1. The van der Waals surface area contributed by atoms with E-state index in [0.29, 0.717) is 27.3 Å². The Bertz CT molecular complexity index is 1300. The number of benzene rings is 2. The van der Waals surface area contributed by atoms with E-state index in [9.17, 15) is 4.79 Å². The molecule has 0 aliphatic carbocycles. The van der Waals surface area contributed by atoms with Crippen molar-refractivity contribution >= 4 is 29.1 Å². The molecule has 5 nitrogen and oxygen atoms in total. The Kier molecular flexibility index (Phi) is 6.48. The Labute approximate surface area is 209 Å². The lowest BCUT2D eigenvalue weighted by Gasteiger charge is -2.32. The molecule has 7 heteroatoms. The average Bonchev–Trinajstić information content (AvgIpc) is 3.48. The van der Waals surface area contributed by atoms with E-state index in [1.807, 2.05) is 53.0 Å². The summed E-state index contributed by atoms with van der Waals surface area (Å²) in [6.45, 7) is 1.48. The Morgan fingerprint density at radius 2 is 1.74 bits per heavy atom. The summed E-state index contributed by atoms with van der Waals surface area (Å²) in [5, 5.41) is 5.68. The third-order valence-corrected chi connectivity index (χ3v) is 7.29. The second kappa shape index (κ2) is 9.69. The van der Waals surface area contributed by atoms with E-state index >= 15 is 0 Å². The van der Waals surface area contributed by atoms with E-state index in [1.165, 1.54) is 5.56 Å². The van der Waals surface area contributed by atoms with Crippen LogP contribution in [0, 0.1) is 5.92 Å². The molecule has 174 valence electrons. The lowest BCUT2D eigenvalue weighted by molar-refractivity contribution is 0.0681. The van der Waals surface area contributed by atoms with Crippen molar-refractivity contribution in [3.8, 4) is 17.1 Å². The molecule has 1 aliphatic rings. The van der Waals surface area contributed by atoms with Gasteiger partial charge in [-0.3, -0.25) is 4.79 Å². The quantitative estimate of drug-likeness (QED) is 0.329. The fourth-order valence-electron chi connectivity index (χ4n) is 4.65. The summed E-state index contributed by atoms with van der Waals surface area (Å²) in [5.41, 5.74) is 4.26. The number of amides is 1. The Morgan fingerprint density at radius 3 is 2.41 bits per heavy atom. The van der Waals surface area contributed by atoms with Crippen molar-refractivity contribution in [3.05, 3.63) is 94.2 Å². The largest absolute Gasteiger partial charge is 0.349 e. The molecular weight excluding hydrogens is 467 g/mol. The van der Waals surface area contributed by atoms with E-state index in [4.69, 9.17) is 28.3 Å². The molecule has 1 saturated heterocycles. The molecule has 1 fully saturated rings. The van der Waals surface area contributed by atoms with Crippen molar-refractivity contribution in [2.24, 2.45) is 13.0 Å². The molecule has 0 spiro atoms. The molecule has 5 rings (SSSR count). The van der Waals surface area contributed by atoms with Gasteiger partial charge in [-0.2, -0.15) is 5.10 Å². The van der Waals surface area contributed by atoms with Crippen LogP contribution in [0.1, 0.15) is 28.9 Å². The van der Waals surface area contributed by atoms with Crippen LogP contribution >= 0.6 is 23.2 Å². The van der Waals surface area contributed by atoms with Crippen molar-refractivity contribution in [2.75, 3.05) is 13.1 Å². The molecule has 0 bridgehead atoms. The van der Waals surface area contributed by atoms with Gasteiger partial charge in [-0.15, -0.1) is 0 Å². The SMILES string of the molecule is Cn1cccc1-c1cc(C(=O)N2CCC(Cc3ccccc3)CC2)n(-c2ccc(Cl)c(Cl)c2)n1. The van der Waals surface area contributed by atoms with Gasteiger partial charge in [0, 0.05) is 26.3 Å². The molecule has 0 atom stereocenters. The zero-order chi connectivity index (χ0) is 23.7. The van der Waals surface area contributed by atoms with Crippen LogP contribution in [0.15, 0.2) is 72.9 Å². The number of aromatic nitrogens is 3. The summed E-state index contributed by atoms with van der Waals surface area (Å²) in [6, 6.07) is 21.7. The van der Waals surface area contributed by atoms with Gasteiger partial charge in [0.2, 0.25) is 0 Å². The third-order valence-electron chi connectivity index (χ3n) is 6.55. The monoisotopic (exact) mass is 492 g/mol. The fraction of sp³-hybridized carbons (Fsp3) is 0.259. The predicted molar refractivity (Wildman–Crippen MR) is 137 cm³/mol. The Balaban J connectivity index is 1.40. The molecule has 0 radical (unpaired) electrons. The molecule has 0 saturated carbocycles. The highest BCUT2D eigenvalue weighted by atomic mass is 35.5. The number of likely N-dealkylation sites (tertiary alicyclic amines) is 1. The first kappa shape index (κ1) is 22.8. The molecule has 1 amide bonds. The number of nitrogens with zero attached hydrogens (tertiary/aromatic N) is 4. The highest BCUT2D eigenvalue weighted by Crippen LogP contribution is 2.29. The fourth-order valence-corrected chi connectivity index (χ4v) is 4.94. The molecule has 34 heavy (non-hydrogen) atoms. The van der Waals surface area contributed by atoms with E-state index in [-0.39, 0.29) is 5.91 Å². The van der Waals surface area contributed by atoms with Gasteiger partial charge < -0.3 is 9.47 Å². The molecule has 2 aromatic heterocycles. The van der Waals surface area contributed by atoms with E-state index in [0.717, 1.165) is 43.7 Å². The number of carbonyl (C=O) groups is 1. The number of halogens is 2. The van der Waals surface area contributed by atoms with Crippen LogP contribution in [0.4, 0.5) is 0 Å². The third kappa shape index (κ3) is 4.63. The molecule has 3 heterocycles. The van der Waals surface area contributed by atoms with Gasteiger partial charge in [0.25, 0.3) is 5.91 Å². The van der Waals surface area contributed by atoms with Crippen molar-refractivity contribution in [3.63, 3.8) is 0 Å². The van der Waals surface area contributed by atoms with Gasteiger partial charge in [0.1, 0.15) is 11.4 Å². The maximum Gasteiger partial charge on any atom is 0.272 e. The minimum absolute atomic E-state index is 0.0165. The summed E-state index contributed by atoms with van der Waals surface area (Å²) in [4.78, 5) is 15.6. The predicted octanol–water partition coefficient (Wildman–Crippen LogP) is 6.28. The normalized spacial score (nSPS) is 14.5. The smallest absolute Gasteiger partial charge is 0.272 e. The number of hydrogen-bond donors (Lipinski definition) is 0. The zero-order valence-electron chi connectivity index (χ0n) is 19.0. The maximum atomic E-state index is 13.7. The maximum absolute atomic E-state index is 13.7. The number of carbonyl (C=O) groups excluding carboxylic acids is 1. The van der Waals surface area contributed by atoms with Crippen molar-refractivity contribution in [1.82, 2.24) is 19.2 Å². The zero-order valence-corrected chi connectivity index (χ0v) is 20.5. The van der Waals surface area contributed by atoms with E-state index in [1.54, 1.807) is 16.8 Å². The van der Waals surface area contributed by atoms with Gasteiger partial charge in [0.05, 0.1) is 21.4 Å². The number of rotatable bonds is 5. The summed E-state index contributed by atoms with van der Waals surface area (Å²) >= 11 is 12.4. The lowest BCUT2D eigenvalue weighted by Crippen LogP contribution is -2.39. The Hall–Kier alpha value is -3.02. The van der Waals surface area contributed by atoms with Gasteiger partial charge in [-0.05, 0) is 67.1 Å². The number of hydrogen-bond acceptors (Lipinski definition) is 2. The minimum Gasteiger partial charge on any atom is -0.349 e. The standard InChI is InChI=1S/C27H26Cl2N4O/c1-31-13-5-8-25(31)24-18-26(33(30-24)21-9-10-22(28)23(29)17-21)27(34)32-14-11-20(12-15-32)16-19-6-3-2-4-7-19/h2-10,13,17-18,20H,11-12,14-16H2,1H3. The second-order valence-electron chi connectivity index (χ2n) is 8.85. The van der Waals surface area contributed by atoms with Crippen molar-refractivity contribution < 1.29 is 4.79 Å². The molecule has 2 aromatic carbocycles. The molecule has 0 N–H and O–H groups in total. The summed E-state index contributed by atoms with van der Waals surface area (Å²) in [7, 11) is 1.96. The molecule has 0 unspecified atom stereocenters. The first-order chi connectivity index (χ1) is 16.5. The Morgan fingerprint density at radius 1 is 0.971 bits per heavy atom. The van der Waals surface area contributed by atoms with Gasteiger partial charge in [-0.25, -0.2) is 4.68 Å². The highest BCUT2D eigenvalue weighted by molar-refractivity contribution is 6.42. The van der Waals surface area contributed by atoms with Gasteiger partial charge in [0.15, 0.2) is 0 Å². The molecular formula is C27H26Cl2N4O. The number of piperidine rings is 1. The summed E-state index contributed by atoms with van der Waals surface area (Å²) in [5.74, 6) is 0.572. The summed E-state index contributed by atoms with van der Waals surface area (Å²) in [6.07, 6.45) is 5.01. The van der Waals surface area contributed by atoms with Crippen LogP contribution in [0.5, 0.6) is 0 Å². The molecule has 4 aromatic rings. The van der Waals surface area contributed by atoms with Crippen LogP contribution in [0.2, 0.25) is 10.0 Å². The lowest BCUT2D eigenvalue weighted by atomic mass is 9.90. The highest BCUT2D eigenvalue weighted by Gasteiger charge is 2.27. The molecule has 1 aliphatic heterocycles. The van der Waals surface area contributed by atoms with Crippen LogP contribution in [0.25, 0.3) is 17.1 Å². The topological polar surface area (TPSA) is 43.1 Å². The second-order valence-corrected chi connectivity index (χ2v) is 9.67. The first-order valence-electron chi connectivity index (χ1n) is 11.5. The van der Waals surface area contributed by atoms with Crippen molar-refractivity contribution in [1.29, 1.82) is 0 Å².